The molecule has 2 N–H and O–H groups in total. The van der Waals surface area contributed by atoms with Gasteiger partial charge in [-0.2, -0.15) is 0 Å². The number of pyridine rings is 1. The standard InChI is InChI=1S/C24H23N3O/c1-16-11-20(15-26-22(28)13-18-7-6-10-25-14-18)24-21(12-16)17(2)23(27-24)19-8-4-3-5-9-19/h3-12,14,27H,13,15H2,1-2H3,(H,26,28). The molecule has 0 bridgehead atoms. The Morgan fingerprint density at radius 1 is 1.07 bits per heavy atom. The summed E-state index contributed by atoms with van der Waals surface area (Å²) < 4.78 is 0. The molecule has 0 aliphatic heterocycles. The van der Waals surface area contributed by atoms with Crippen molar-refractivity contribution >= 4 is 16.8 Å². The van der Waals surface area contributed by atoms with Crippen molar-refractivity contribution in [2.24, 2.45) is 0 Å². The third-order valence-corrected chi connectivity index (χ3v) is 5.02. The zero-order chi connectivity index (χ0) is 19.5. The number of aryl methyl sites for hydroxylation is 2. The number of carbonyl (C=O) groups excluding carboxylic acids is 1. The van der Waals surface area contributed by atoms with Gasteiger partial charge in [-0.25, -0.2) is 0 Å². The van der Waals surface area contributed by atoms with Gasteiger partial charge in [0.25, 0.3) is 0 Å². The fraction of sp³-hybridized carbons (Fsp3) is 0.167. The van der Waals surface area contributed by atoms with E-state index in [-0.39, 0.29) is 5.91 Å². The quantitative estimate of drug-likeness (QED) is 0.535. The molecule has 0 atom stereocenters. The maximum Gasteiger partial charge on any atom is 0.224 e. The topological polar surface area (TPSA) is 57.8 Å². The first kappa shape index (κ1) is 18.0. The van der Waals surface area contributed by atoms with Crippen molar-refractivity contribution in [2.45, 2.75) is 26.8 Å². The first-order valence-electron chi connectivity index (χ1n) is 9.44. The van der Waals surface area contributed by atoms with Gasteiger partial charge in [-0.1, -0.05) is 48.0 Å². The van der Waals surface area contributed by atoms with Gasteiger partial charge in [0, 0.05) is 30.0 Å². The van der Waals surface area contributed by atoms with Crippen molar-refractivity contribution in [2.75, 3.05) is 0 Å². The molecule has 0 saturated heterocycles. The first-order chi connectivity index (χ1) is 13.6. The Balaban J connectivity index is 1.61. The number of aromatic amines is 1. The van der Waals surface area contributed by atoms with Crippen LogP contribution in [0, 0.1) is 13.8 Å². The van der Waals surface area contributed by atoms with Crippen LogP contribution in [0.5, 0.6) is 0 Å². The first-order valence-corrected chi connectivity index (χ1v) is 9.44. The highest BCUT2D eigenvalue weighted by atomic mass is 16.1. The van der Waals surface area contributed by atoms with E-state index in [2.05, 4.69) is 53.4 Å². The van der Waals surface area contributed by atoms with Crippen LogP contribution in [0.1, 0.15) is 22.3 Å². The molecule has 2 heterocycles. The van der Waals surface area contributed by atoms with E-state index in [1.165, 1.54) is 22.1 Å². The smallest absolute Gasteiger partial charge is 0.224 e. The minimum absolute atomic E-state index is 0.00535. The summed E-state index contributed by atoms with van der Waals surface area (Å²) in [6.07, 6.45) is 3.77. The van der Waals surface area contributed by atoms with Crippen LogP contribution >= 0.6 is 0 Å². The Hall–Kier alpha value is -3.40. The largest absolute Gasteiger partial charge is 0.354 e. The van der Waals surface area contributed by atoms with Gasteiger partial charge >= 0.3 is 0 Å². The van der Waals surface area contributed by atoms with Crippen molar-refractivity contribution in [3.8, 4) is 11.3 Å². The summed E-state index contributed by atoms with van der Waals surface area (Å²) in [5.41, 5.74) is 7.81. The van der Waals surface area contributed by atoms with Crippen LogP contribution in [0.2, 0.25) is 0 Å². The van der Waals surface area contributed by atoms with Crippen LogP contribution in [-0.2, 0) is 17.8 Å². The third-order valence-electron chi connectivity index (χ3n) is 5.02. The molecule has 0 spiro atoms. The molecule has 0 radical (unpaired) electrons. The van der Waals surface area contributed by atoms with Crippen molar-refractivity contribution in [3.63, 3.8) is 0 Å². The Kier molecular flexibility index (Phi) is 4.94. The monoisotopic (exact) mass is 369 g/mol. The second kappa shape index (κ2) is 7.69. The molecule has 2 aromatic carbocycles. The van der Waals surface area contributed by atoms with Gasteiger partial charge in [-0.3, -0.25) is 9.78 Å². The van der Waals surface area contributed by atoms with Gasteiger partial charge in [0.05, 0.1) is 11.9 Å². The maximum absolute atomic E-state index is 12.4. The van der Waals surface area contributed by atoms with Gasteiger partial charge in [0.1, 0.15) is 0 Å². The summed E-state index contributed by atoms with van der Waals surface area (Å²) in [4.78, 5) is 20.0. The molecular formula is C24H23N3O. The van der Waals surface area contributed by atoms with Gasteiger partial charge in [-0.15, -0.1) is 0 Å². The van der Waals surface area contributed by atoms with Gasteiger partial charge in [0.15, 0.2) is 0 Å². The highest BCUT2D eigenvalue weighted by molar-refractivity contribution is 5.93. The summed E-state index contributed by atoms with van der Waals surface area (Å²) in [5, 5.41) is 4.25. The Morgan fingerprint density at radius 2 is 1.89 bits per heavy atom. The minimum atomic E-state index is -0.00535. The molecule has 140 valence electrons. The lowest BCUT2D eigenvalue weighted by atomic mass is 10.0. The second-order valence-corrected chi connectivity index (χ2v) is 7.15. The zero-order valence-electron chi connectivity index (χ0n) is 16.1. The molecule has 0 unspecified atom stereocenters. The SMILES string of the molecule is Cc1cc(CNC(=O)Cc2cccnc2)c2[nH]c(-c3ccccc3)c(C)c2c1. The summed E-state index contributed by atoms with van der Waals surface area (Å²) >= 11 is 0. The number of nitrogens with zero attached hydrogens (tertiary/aromatic N) is 1. The lowest BCUT2D eigenvalue weighted by Gasteiger charge is -2.08. The molecule has 28 heavy (non-hydrogen) atoms. The maximum atomic E-state index is 12.4. The molecule has 1 amide bonds. The Labute approximate surface area is 164 Å². The lowest BCUT2D eigenvalue weighted by molar-refractivity contribution is -0.120. The van der Waals surface area contributed by atoms with E-state index < -0.39 is 0 Å². The van der Waals surface area contributed by atoms with Crippen LogP contribution in [0.15, 0.2) is 67.0 Å². The van der Waals surface area contributed by atoms with E-state index in [1.807, 2.05) is 30.3 Å². The van der Waals surface area contributed by atoms with E-state index in [9.17, 15) is 4.79 Å². The Bertz CT molecular complexity index is 1120. The molecular weight excluding hydrogens is 346 g/mol. The molecule has 4 heteroatoms. The summed E-state index contributed by atoms with van der Waals surface area (Å²) in [7, 11) is 0. The molecule has 4 nitrogen and oxygen atoms in total. The normalized spacial score (nSPS) is 10.9. The molecule has 4 aromatic rings. The van der Waals surface area contributed by atoms with Crippen LogP contribution in [0.4, 0.5) is 0 Å². The van der Waals surface area contributed by atoms with Crippen molar-refractivity contribution in [3.05, 3.63) is 89.2 Å². The van der Waals surface area contributed by atoms with Crippen molar-refractivity contribution < 1.29 is 4.79 Å². The number of rotatable bonds is 5. The minimum Gasteiger partial charge on any atom is -0.354 e. The van der Waals surface area contributed by atoms with E-state index in [1.54, 1.807) is 12.4 Å². The fourth-order valence-corrected chi connectivity index (χ4v) is 3.64. The average Bonchev–Trinajstić information content (AvgIpc) is 3.04. The number of amides is 1. The third kappa shape index (κ3) is 3.67. The molecule has 2 aromatic heterocycles. The number of carbonyl (C=O) groups is 1. The summed E-state index contributed by atoms with van der Waals surface area (Å²) in [6.45, 7) is 4.73. The number of hydrogen-bond donors (Lipinski definition) is 2. The highest BCUT2D eigenvalue weighted by Gasteiger charge is 2.14. The highest BCUT2D eigenvalue weighted by Crippen LogP contribution is 2.32. The molecule has 0 saturated carbocycles. The van der Waals surface area contributed by atoms with Crippen LogP contribution in [0.3, 0.4) is 0 Å². The molecule has 0 aliphatic rings. The van der Waals surface area contributed by atoms with E-state index >= 15 is 0 Å². The number of hydrogen-bond acceptors (Lipinski definition) is 2. The van der Waals surface area contributed by atoms with E-state index in [0.717, 1.165) is 22.3 Å². The summed E-state index contributed by atoms with van der Waals surface area (Å²) in [6, 6.07) is 18.4. The van der Waals surface area contributed by atoms with Crippen molar-refractivity contribution in [1.29, 1.82) is 0 Å². The lowest BCUT2D eigenvalue weighted by Crippen LogP contribution is -2.24. The zero-order valence-corrected chi connectivity index (χ0v) is 16.1. The predicted molar refractivity (Wildman–Crippen MR) is 113 cm³/mol. The van der Waals surface area contributed by atoms with Gasteiger partial charge < -0.3 is 10.3 Å². The number of aromatic nitrogens is 2. The van der Waals surface area contributed by atoms with Crippen LogP contribution in [-0.4, -0.2) is 15.9 Å². The van der Waals surface area contributed by atoms with Crippen LogP contribution in [0.25, 0.3) is 22.2 Å². The van der Waals surface area contributed by atoms with Gasteiger partial charge in [0.2, 0.25) is 5.91 Å². The molecule has 0 fully saturated rings. The number of nitrogens with one attached hydrogen (secondary N) is 2. The second-order valence-electron chi connectivity index (χ2n) is 7.15. The fourth-order valence-electron chi connectivity index (χ4n) is 3.64. The molecule has 0 aliphatic carbocycles. The number of H-pyrrole nitrogens is 1. The van der Waals surface area contributed by atoms with E-state index in [0.29, 0.717) is 13.0 Å². The van der Waals surface area contributed by atoms with E-state index in [4.69, 9.17) is 0 Å². The average molecular weight is 369 g/mol. The predicted octanol–water partition coefficient (Wildman–Crippen LogP) is 4.71. The summed E-state index contributed by atoms with van der Waals surface area (Å²) in [5.74, 6) is -0.00535. The van der Waals surface area contributed by atoms with Crippen molar-refractivity contribution in [1.82, 2.24) is 15.3 Å². The molecule has 4 rings (SSSR count). The number of benzene rings is 2. The van der Waals surface area contributed by atoms with Crippen LogP contribution < -0.4 is 5.32 Å². The Morgan fingerprint density at radius 3 is 2.64 bits per heavy atom. The number of fused-ring (bicyclic) bond motifs is 1. The van der Waals surface area contributed by atoms with Gasteiger partial charge in [-0.05, 0) is 48.2 Å².